The number of amides is 3. The Morgan fingerprint density at radius 1 is 0.965 bits per heavy atom. The van der Waals surface area contributed by atoms with Crippen molar-refractivity contribution in [3.63, 3.8) is 0 Å². The van der Waals surface area contributed by atoms with Gasteiger partial charge in [-0.1, -0.05) is 18.2 Å². The molecule has 5 aliphatic rings. The molecule has 0 saturated carbocycles. The number of allylic oxidation sites excluding steroid dienone is 2. The molecule has 0 unspecified atom stereocenters. The molecule has 15 heteroatoms. The van der Waals surface area contributed by atoms with Crippen LogP contribution in [0.3, 0.4) is 0 Å². The van der Waals surface area contributed by atoms with Crippen LogP contribution < -0.4 is 14.8 Å². The van der Waals surface area contributed by atoms with Crippen LogP contribution in [0.15, 0.2) is 52.8 Å². The lowest BCUT2D eigenvalue weighted by Crippen LogP contribution is -2.71. The van der Waals surface area contributed by atoms with Gasteiger partial charge in [0, 0.05) is 40.9 Å². The second kappa shape index (κ2) is 14.3. The van der Waals surface area contributed by atoms with E-state index in [0.29, 0.717) is 23.3 Å². The van der Waals surface area contributed by atoms with Crippen molar-refractivity contribution in [2.75, 3.05) is 27.8 Å². The zero-order valence-electron chi connectivity index (χ0n) is 33.3. The Bertz CT molecular complexity index is 2230. The standard InChI is InChI=1S/C42H45N5O10/c1-19-14-22-15-26-28(17-43)47-27(32(45(26)7)30(22)37(35(19)54-8)56-41(53)57-42(4,5)6)16-25-31(34(49)36(55-9)20(2)33(25)48)29(47)18-44-38(50)21(3)46-39(51)23-12-10-11-13-24(23)40(46)52/h10-14,21,26-29,32H,15-16,18H2,1-9H3,(H,44,50)/t21-,26-,27-,28-,29-,32-/m0/s1. The van der Waals surface area contributed by atoms with Crippen LogP contribution in [0.4, 0.5) is 4.79 Å². The molecule has 0 aromatic heterocycles. The normalized spacial score (nSPS) is 24.9. The fourth-order valence-corrected chi connectivity index (χ4v) is 9.26. The number of methoxy groups -OCH3 is 2. The molecule has 1 aliphatic carbocycles. The van der Waals surface area contributed by atoms with E-state index in [4.69, 9.17) is 18.9 Å². The molecule has 298 valence electrons. The maximum Gasteiger partial charge on any atom is 0.514 e. The van der Waals surface area contributed by atoms with Gasteiger partial charge in [-0.25, -0.2) is 4.79 Å². The number of fused-ring (bicyclic) bond motifs is 7. The molecular formula is C42H45N5O10. The molecule has 2 bridgehead atoms. The van der Waals surface area contributed by atoms with Crippen molar-refractivity contribution in [1.29, 1.82) is 5.26 Å². The molecule has 57 heavy (non-hydrogen) atoms. The van der Waals surface area contributed by atoms with E-state index in [2.05, 4.69) is 11.4 Å². The van der Waals surface area contributed by atoms with E-state index >= 15 is 0 Å². The summed E-state index contributed by atoms with van der Waals surface area (Å²) in [6.45, 7) is 9.69. The van der Waals surface area contributed by atoms with Gasteiger partial charge in [-0.3, -0.25) is 38.7 Å². The summed E-state index contributed by atoms with van der Waals surface area (Å²) in [6, 6.07) is 5.88. The fourth-order valence-electron chi connectivity index (χ4n) is 9.26. The Morgan fingerprint density at radius 2 is 1.61 bits per heavy atom. The minimum Gasteiger partial charge on any atom is -0.493 e. The number of nitriles is 1. The lowest BCUT2D eigenvalue weighted by Gasteiger charge is -2.60. The van der Waals surface area contributed by atoms with Crippen molar-refractivity contribution in [3.8, 4) is 17.6 Å². The van der Waals surface area contributed by atoms with Gasteiger partial charge in [0.05, 0.1) is 43.5 Å². The number of likely N-dealkylation sites (N-methyl/N-ethyl adjacent to an activating group) is 1. The lowest BCUT2D eigenvalue weighted by molar-refractivity contribution is -0.126. The number of aryl methyl sites for hydroxylation is 1. The third kappa shape index (κ3) is 6.18. The summed E-state index contributed by atoms with van der Waals surface area (Å²) in [5.41, 5.74) is 2.10. The molecule has 0 radical (unpaired) electrons. The third-order valence-corrected chi connectivity index (χ3v) is 11.7. The molecule has 1 fully saturated rings. The summed E-state index contributed by atoms with van der Waals surface area (Å²) < 4.78 is 22.8. The number of rotatable bonds is 7. The first-order chi connectivity index (χ1) is 26.9. The summed E-state index contributed by atoms with van der Waals surface area (Å²) in [7, 11) is 4.65. The molecule has 1 N–H and O–H groups in total. The van der Waals surface area contributed by atoms with Crippen molar-refractivity contribution in [2.45, 2.75) is 96.2 Å². The minimum absolute atomic E-state index is 0.0333. The van der Waals surface area contributed by atoms with Crippen LogP contribution in [0.1, 0.15) is 84.5 Å². The highest BCUT2D eigenvalue weighted by Crippen LogP contribution is 2.54. The van der Waals surface area contributed by atoms with Crippen molar-refractivity contribution >= 4 is 35.4 Å². The van der Waals surface area contributed by atoms with E-state index in [1.54, 1.807) is 32.9 Å². The van der Waals surface area contributed by atoms with E-state index in [1.807, 2.05) is 29.8 Å². The molecule has 0 spiro atoms. The van der Waals surface area contributed by atoms with Crippen LogP contribution >= 0.6 is 0 Å². The second-order valence-electron chi connectivity index (χ2n) is 16.0. The first kappa shape index (κ1) is 39.4. The Kier molecular flexibility index (Phi) is 9.86. The van der Waals surface area contributed by atoms with Crippen molar-refractivity contribution in [3.05, 3.63) is 80.6 Å². The Labute approximate surface area is 330 Å². The predicted molar refractivity (Wildman–Crippen MR) is 202 cm³/mol. The Hall–Kier alpha value is -5.85. The van der Waals surface area contributed by atoms with Crippen molar-refractivity contribution in [1.82, 2.24) is 20.0 Å². The average Bonchev–Trinajstić information content (AvgIpc) is 3.40. The minimum atomic E-state index is -1.24. The van der Waals surface area contributed by atoms with E-state index in [0.717, 1.165) is 10.5 Å². The molecule has 1 saturated heterocycles. The number of ether oxygens (including phenoxy) is 4. The van der Waals surface area contributed by atoms with Crippen LogP contribution in [0.5, 0.6) is 11.5 Å². The van der Waals surface area contributed by atoms with Gasteiger partial charge < -0.3 is 24.3 Å². The highest BCUT2D eigenvalue weighted by atomic mass is 16.7. The number of nitrogens with zero attached hydrogens (tertiary/aromatic N) is 4. The number of Topliss-reactive ketones (excluding diaryl/α,β-unsaturated/α-hetero) is 2. The molecule has 2 aromatic carbocycles. The molecule has 7 rings (SSSR count). The van der Waals surface area contributed by atoms with Gasteiger partial charge in [-0.15, -0.1) is 0 Å². The van der Waals surface area contributed by atoms with E-state index < -0.39 is 77.3 Å². The SMILES string of the molecule is COC1=C(C)C(=O)C2=C(C1=O)[C@H](CNC(=O)[C@H](C)N1C(=O)c3ccccc3C1=O)N1[C@@H](C#N)[C@@H]3Cc4cc(C)c(OC)c(OC(=O)OC(C)(C)C)c4[C@H]([C@@H]1C2)N3C. The highest BCUT2D eigenvalue weighted by Gasteiger charge is 2.58. The van der Waals surface area contributed by atoms with Crippen LogP contribution in [0.2, 0.25) is 0 Å². The molecule has 2 aromatic rings. The molecule has 15 nitrogen and oxygen atoms in total. The summed E-state index contributed by atoms with van der Waals surface area (Å²) in [6.07, 6.45) is -0.565. The van der Waals surface area contributed by atoms with Gasteiger partial charge in [-0.05, 0) is 84.7 Å². The number of carbonyl (C=O) groups excluding carboxylic acids is 6. The highest BCUT2D eigenvalue weighted by molar-refractivity contribution is 6.25. The molecule has 4 heterocycles. The largest absolute Gasteiger partial charge is 0.514 e. The fraction of sp³-hybridized carbons (Fsp3) is 0.452. The molecule has 3 amide bonds. The molecule has 6 atom stereocenters. The number of ketones is 2. The lowest BCUT2D eigenvalue weighted by atomic mass is 9.69. The number of benzene rings is 2. The second-order valence-corrected chi connectivity index (χ2v) is 16.0. The zero-order valence-corrected chi connectivity index (χ0v) is 33.3. The Morgan fingerprint density at radius 3 is 2.19 bits per heavy atom. The van der Waals surface area contributed by atoms with Crippen LogP contribution in [0, 0.1) is 18.3 Å². The summed E-state index contributed by atoms with van der Waals surface area (Å²) in [4.78, 5) is 87.2. The van der Waals surface area contributed by atoms with Gasteiger partial charge >= 0.3 is 6.16 Å². The van der Waals surface area contributed by atoms with Crippen LogP contribution in [-0.2, 0) is 30.3 Å². The monoisotopic (exact) mass is 779 g/mol. The van der Waals surface area contributed by atoms with Gasteiger partial charge in [0.25, 0.3) is 11.8 Å². The number of hydrogen-bond acceptors (Lipinski definition) is 13. The third-order valence-electron chi connectivity index (χ3n) is 11.7. The van der Waals surface area contributed by atoms with Crippen LogP contribution in [0.25, 0.3) is 0 Å². The number of carbonyl (C=O) groups is 6. The van der Waals surface area contributed by atoms with Crippen molar-refractivity contribution < 1.29 is 47.7 Å². The average molecular weight is 780 g/mol. The van der Waals surface area contributed by atoms with E-state index in [9.17, 15) is 34.0 Å². The first-order valence-electron chi connectivity index (χ1n) is 18.8. The van der Waals surface area contributed by atoms with E-state index in [-0.39, 0.29) is 52.3 Å². The van der Waals surface area contributed by atoms with Gasteiger partial charge in [0.2, 0.25) is 11.7 Å². The number of hydrogen-bond donors (Lipinski definition) is 1. The van der Waals surface area contributed by atoms with Crippen molar-refractivity contribution in [2.24, 2.45) is 0 Å². The zero-order chi connectivity index (χ0) is 41.4. The van der Waals surface area contributed by atoms with Gasteiger partial charge in [-0.2, -0.15) is 5.26 Å². The van der Waals surface area contributed by atoms with Gasteiger partial charge in [0.15, 0.2) is 23.0 Å². The number of imide groups is 1. The number of nitrogens with one attached hydrogen (secondary N) is 1. The molecule has 4 aliphatic heterocycles. The summed E-state index contributed by atoms with van der Waals surface area (Å²) in [5, 5.41) is 13.8. The number of piperazine rings is 1. The van der Waals surface area contributed by atoms with Gasteiger partial charge in [0.1, 0.15) is 17.7 Å². The summed E-state index contributed by atoms with van der Waals surface area (Å²) in [5.74, 6) is -2.50. The van der Waals surface area contributed by atoms with Crippen LogP contribution in [-0.4, -0.2) is 114 Å². The van der Waals surface area contributed by atoms with E-state index in [1.165, 1.54) is 40.2 Å². The quantitative estimate of drug-likeness (QED) is 0.186. The summed E-state index contributed by atoms with van der Waals surface area (Å²) >= 11 is 0. The maximum absolute atomic E-state index is 14.3. The topological polar surface area (TPSA) is 185 Å². The Balaban J connectivity index is 1.33. The maximum atomic E-state index is 14.3. The first-order valence-corrected chi connectivity index (χ1v) is 18.8. The predicted octanol–water partition coefficient (Wildman–Crippen LogP) is 3.73. The molecular weight excluding hydrogens is 734 g/mol. The smallest absolute Gasteiger partial charge is 0.493 e.